The second-order valence-electron chi connectivity index (χ2n) is 8.40. The number of hydrogen-bond acceptors (Lipinski definition) is 8. The molecule has 0 aliphatic carbocycles. The van der Waals surface area contributed by atoms with Gasteiger partial charge in [0.2, 0.25) is 16.9 Å². The lowest BCUT2D eigenvalue weighted by atomic mass is 9.90. The summed E-state index contributed by atoms with van der Waals surface area (Å²) in [5.41, 5.74) is 1.81. The molecule has 36 heavy (non-hydrogen) atoms. The van der Waals surface area contributed by atoms with Crippen molar-refractivity contribution >= 4 is 52.2 Å². The number of nitro groups is 1. The van der Waals surface area contributed by atoms with Gasteiger partial charge in [0.05, 0.1) is 16.9 Å². The number of carbonyl (C=O) groups excluding carboxylic acids is 2. The van der Waals surface area contributed by atoms with Crippen LogP contribution in [-0.4, -0.2) is 43.3 Å². The molecular weight excluding hydrogens is 502 g/mol. The molecule has 3 atom stereocenters. The van der Waals surface area contributed by atoms with E-state index in [-0.39, 0.29) is 41.0 Å². The molecule has 1 fully saturated rings. The number of para-hydroxylation sites is 1. The third-order valence-electron chi connectivity index (χ3n) is 6.03. The fourth-order valence-corrected chi connectivity index (χ4v) is 6.01. The van der Waals surface area contributed by atoms with Crippen LogP contribution in [0, 0.1) is 16.0 Å². The van der Waals surface area contributed by atoms with E-state index in [1.54, 1.807) is 29.2 Å². The molecule has 0 saturated carbocycles. The van der Waals surface area contributed by atoms with E-state index in [2.05, 4.69) is 5.32 Å². The zero-order chi connectivity index (χ0) is 25.8. The lowest BCUT2D eigenvalue weighted by molar-refractivity contribution is -0.384. The minimum Gasteiger partial charge on any atom is -0.477 e. The second-order valence-corrected chi connectivity index (χ2v) is 9.99. The SMILES string of the molecule is CC[C@H](O)[C@@H]1C(=O)N2C(C(=S)OCc3ccc([N+](=O)[O-])cc3)=C(CCC(=O)Nc3ccccc3)S[C@H]12. The summed E-state index contributed by atoms with van der Waals surface area (Å²) in [6.07, 6.45) is 0.228. The van der Waals surface area contributed by atoms with Gasteiger partial charge < -0.3 is 15.2 Å². The van der Waals surface area contributed by atoms with E-state index in [1.807, 2.05) is 25.1 Å². The number of nitro benzene ring substituents is 1. The number of amides is 2. The highest BCUT2D eigenvalue weighted by Gasteiger charge is 2.57. The van der Waals surface area contributed by atoms with Crippen molar-refractivity contribution in [1.82, 2.24) is 4.90 Å². The van der Waals surface area contributed by atoms with Gasteiger partial charge in [0.15, 0.2) is 0 Å². The molecule has 2 N–H and O–H groups in total. The van der Waals surface area contributed by atoms with Gasteiger partial charge in [-0.2, -0.15) is 0 Å². The van der Waals surface area contributed by atoms with Crippen LogP contribution >= 0.6 is 24.0 Å². The lowest BCUT2D eigenvalue weighted by Gasteiger charge is -2.44. The first-order valence-corrected chi connectivity index (χ1v) is 12.7. The first-order valence-electron chi connectivity index (χ1n) is 11.5. The number of thiocarbonyl (C=S) groups is 1. The molecule has 11 heteroatoms. The highest BCUT2D eigenvalue weighted by molar-refractivity contribution is 8.04. The minimum absolute atomic E-state index is 0.0261. The van der Waals surface area contributed by atoms with Crippen LogP contribution in [0.4, 0.5) is 11.4 Å². The number of aliphatic hydroxyl groups excluding tert-OH is 1. The first-order chi connectivity index (χ1) is 17.3. The van der Waals surface area contributed by atoms with Crippen molar-refractivity contribution in [1.29, 1.82) is 0 Å². The van der Waals surface area contributed by atoms with Crippen LogP contribution in [0.5, 0.6) is 0 Å². The Morgan fingerprint density at radius 3 is 2.58 bits per heavy atom. The number of anilines is 1. The van der Waals surface area contributed by atoms with Gasteiger partial charge in [-0.15, -0.1) is 11.8 Å². The summed E-state index contributed by atoms with van der Waals surface area (Å²) >= 11 is 6.96. The van der Waals surface area contributed by atoms with Crippen molar-refractivity contribution in [2.24, 2.45) is 5.92 Å². The fraction of sp³-hybridized carbons (Fsp3) is 0.320. The molecule has 0 bridgehead atoms. The average Bonchev–Trinajstić information content (AvgIpc) is 3.21. The van der Waals surface area contributed by atoms with E-state index in [0.717, 1.165) is 4.91 Å². The maximum Gasteiger partial charge on any atom is 0.269 e. The number of β-lactam (4-membered cyclic amide) rings is 1. The van der Waals surface area contributed by atoms with Crippen LogP contribution in [0.1, 0.15) is 31.7 Å². The van der Waals surface area contributed by atoms with Gasteiger partial charge in [-0.05, 0) is 54.9 Å². The number of allylic oxidation sites excluding steroid dienone is 1. The zero-order valence-corrected chi connectivity index (χ0v) is 21.1. The van der Waals surface area contributed by atoms with Crippen LogP contribution in [-0.2, 0) is 20.9 Å². The number of carbonyl (C=O) groups is 2. The predicted molar refractivity (Wildman–Crippen MR) is 140 cm³/mol. The van der Waals surface area contributed by atoms with Crippen LogP contribution in [0.2, 0.25) is 0 Å². The maximum atomic E-state index is 12.9. The van der Waals surface area contributed by atoms with Gasteiger partial charge in [0.1, 0.15) is 17.7 Å². The summed E-state index contributed by atoms with van der Waals surface area (Å²) in [6, 6.07) is 15.1. The highest BCUT2D eigenvalue weighted by Crippen LogP contribution is 2.52. The molecule has 0 spiro atoms. The molecule has 2 aliphatic rings. The molecule has 0 unspecified atom stereocenters. The van der Waals surface area contributed by atoms with Crippen molar-refractivity contribution in [3.05, 3.63) is 80.9 Å². The number of fused-ring (bicyclic) bond motifs is 1. The van der Waals surface area contributed by atoms with Gasteiger partial charge in [-0.25, -0.2) is 0 Å². The summed E-state index contributed by atoms with van der Waals surface area (Å²) in [5, 5.41) is 23.9. The van der Waals surface area contributed by atoms with E-state index in [4.69, 9.17) is 17.0 Å². The number of aliphatic hydroxyl groups is 1. The van der Waals surface area contributed by atoms with Gasteiger partial charge >= 0.3 is 0 Å². The molecular formula is C25H25N3O6S2. The van der Waals surface area contributed by atoms with Crippen LogP contribution < -0.4 is 5.32 Å². The molecule has 0 radical (unpaired) electrons. The standard InChI is InChI=1S/C25H25N3O6S2/c1-2-18(29)21-23(31)27-22(25(35)34-14-15-8-10-17(11-9-15)28(32)33)19(36-24(21)27)12-13-20(30)26-16-6-4-3-5-7-16/h3-11,18,21,24,29H,2,12-14H2,1H3,(H,26,30)/t18-,21+,24+/m0/s1. The highest BCUT2D eigenvalue weighted by atomic mass is 32.2. The summed E-state index contributed by atoms with van der Waals surface area (Å²) in [4.78, 5) is 38.1. The van der Waals surface area contributed by atoms with Gasteiger partial charge in [-0.1, -0.05) is 25.1 Å². The Morgan fingerprint density at radius 2 is 1.94 bits per heavy atom. The van der Waals surface area contributed by atoms with Crippen LogP contribution in [0.25, 0.3) is 0 Å². The van der Waals surface area contributed by atoms with Crippen molar-refractivity contribution in [3.8, 4) is 0 Å². The van der Waals surface area contributed by atoms with Crippen molar-refractivity contribution in [2.45, 2.75) is 44.3 Å². The van der Waals surface area contributed by atoms with Crippen LogP contribution in [0.15, 0.2) is 65.2 Å². The Bertz CT molecular complexity index is 1200. The first kappa shape index (κ1) is 25.8. The third-order valence-corrected chi connectivity index (χ3v) is 7.77. The molecule has 2 aromatic rings. The van der Waals surface area contributed by atoms with Crippen molar-refractivity contribution < 1.29 is 24.4 Å². The number of nitrogens with zero attached hydrogens (tertiary/aromatic N) is 2. The van der Waals surface area contributed by atoms with E-state index < -0.39 is 16.9 Å². The molecule has 2 heterocycles. The van der Waals surface area contributed by atoms with Gasteiger partial charge in [-0.3, -0.25) is 24.6 Å². The predicted octanol–water partition coefficient (Wildman–Crippen LogP) is 4.37. The zero-order valence-electron chi connectivity index (χ0n) is 19.5. The third kappa shape index (κ3) is 5.43. The maximum absolute atomic E-state index is 12.9. The van der Waals surface area contributed by atoms with Gasteiger partial charge in [0.25, 0.3) is 5.69 Å². The number of ether oxygens (including phenoxy) is 1. The van der Waals surface area contributed by atoms with Crippen molar-refractivity contribution in [2.75, 3.05) is 5.32 Å². The second kappa shape index (κ2) is 11.2. The molecule has 1 saturated heterocycles. The number of hydrogen-bond donors (Lipinski definition) is 2. The topological polar surface area (TPSA) is 122 Å². The smallest absolute Gasteiger partial charge is 0.269 e. The molecule has 0 aromatic heterocycles. The van der Waals surface area contributed by atoms with Gasteiger partial charge in [0, 0.05) is 29.1 Å². The minimum atomic E-state index is -0.761. The number of non-ortho nitro benzene ring substituents is 1. The van der Waals surface area contributed by atoms with E-state index in [0.29, 0.717) is 29.8 Å². The molecule has 188 valence electrons. The Labute approximate surface area is 217 Å². The normalized spacial score (nSPS) is 19.4. The number of benzene rings is 2. The number of nitrogens with one attached hydrogen (secondary N) is 1. The average molecular weight is 528 g/mol. The Balaban J connectivity index is 1.47. The Morgan fingerprint density at radius 1 is 1.25 bits per heavy atom. The number of rotatable bonds is 10. The Kier molecular flexibility index (Phi) is 8.02. The van der Waals surface area contributed by atoms with E-state index in [1.165, 1.54) is 23.9 Å². The largest absolute Gasteiger partial charge is 0.477 e. The van der Waals surface area contributed by atoms with E-state index in [9.17, 15) is 24.8 Å². The summed E-state index contributed by atoms with van der Waals surface area (Å²) in [7, 11) is 0. The molecule has 4 rings (SSSR count). The quantitative estimate of drug-likeness (QED) is 0.202. The van der Waals surface area contributed by atoms with E-state index >= 15 is 0 Å². The molecule has 9 nitrogen and oxygen atoms in total. The lowest BCUT2D eigenvalue weighted by Crippen LogP contribution is -2.61. The monoisotopic (exact) mass is 527 g/mol. The summed E-state index contributed by atoms with van der Waals surface area (Å²) in [6.45, 7) is 1.89. The molecule has 2 aliphatic heterocycles. The summed E-state index contributed by atoms with van der Waals surface area (Å²) in [5.74, 6) is -0.929. The molecule has 2 aromatic carbocycles. The Hall–Kier alpha value is -3.28. The van der Waals surface area contributed by atoms with Crippen molar-refractivity contribution in [3.63, 3.8) is 0 Å². The molecule has 2 amide bonds. The fourth-order valence-electron chi connectivity index (χ4n) is 4.09. The summed E-state index contributed by atoms with van der Waals surface area (Å²) < 4.78 is 5.80. The number of thioether (sulfide) groups is 1. The van der Waals surface area contributed by atoms with Crippen LogP contribution in [0.3, 0.4) is 0 Å².